The minimum absolute atomic E-state index is 0.110. The van der Waals surface area contributed by atoms with Crippen molar-refractivity contribution in [3.05, 3.63) is 78.4 Å². The number of rotatable bonds is 9. The Kier molecular flexibility index (Phi) is 11.2. The van der Waals surface area contributed by atoms with Gasteiger partial charge in [-0.15, -0.1) is 10.2 Å². The van der Waals surface area contributed by atoms with E-state index in [0.29, 0.717) is 65.6 Å². The van der Waals surface area contributed by atoms with Crippen molar-refractivity contribution in [1.29, 1.82) is 0 Å². The first-order chi connectivity index (χ1) is 32.1. The highest BCUT2D eigenvalue weighted by molar-refractivity contribution is 6.06. The zero-order chi connectivity index (χ0) is 45.1. The number of aromatic hydroxyl groups is 1. The third-order valence-corrected chi connectivity index (χ3v) is 16.1. The van der Waals surface area contributed by atoms with Crippen LogP contribution in [0.1, 0.15) is 95.1 Å². The van der Waals surface area contributed by atoms with E-state index in [9.17, 15) is 14.7 Å². The summed E-state index contributed by atoms with van der Waals surface area (Å²) >= 11 is 0. The average molecular weight is 896 g/mol. The van der Waals surface area contributed by atoms with Gasteiger partial charge in [0.15, 0.2) is 5.82 Å². The van der Waals surface area contributed by atoms with Gasteiger partial charge in [0.1, 0.15) is 17.2 Å². The molecule has 6 fully saturated rings. The molecule has 3 amide bonds. The summed E-state index contributed by atoms with van der Waals surface area (Å²) in [6.07, 6.45) is 16.4. The number of aromatic nitrogens is 4. The molecule has 4 saturated heterocycles. The first-order valence-electron chi connectivity index (χ1n) is 24.4. The molecule has 1 atom stereocenters. The number of phenolic OH excluding ortho intramolecular Hbond substituents is 1. The van der Waals surface area contributed by atoms with E-state index in [1.54, 1.807) is 23.1 Å². The number of hydrogen-bond acceptors (Lipinski definition) is 11. The molecule has 0 bridgehead atoms. The zero-order valence-electron chi connectivity index (χ0n) is 38.0. The van der Waals surface area contributed by atoms with Gasteiger partial charge in [0.2, 0.25) is 5.91 Å². The molecule has 2 aromatic carbocycles. The Labute approximate surface area is 385 Å². The van der Waals surface area contributed by atoms with Crippen LogP contribution in [0.15, 0.2) is 67.0 Å². The summed E-state index contributed by atoms with van der Waals surface area (Å²) in [6, 6.07) is 16.9. The maximum absolute atomic E-state index is 15.6. The fraction of sp³-hybridized carbons (Fsp3) is 0.510. The number of piperidine rings is 2. The number of anilines is 5. The van der Waals surface area contributed by atoms with Crippen LogP contribution >= 0.6 is 0 Å². The second kappa shape index (κ2) is 17.4. The SMILES string of the molecule is C[C@H]1CN(c2ccc(F)c(N3CCC(CN4CCC5(CCC(n6cc(C7CC7)c7cc(N8CCC(=O)NC8=O)cnc76)CC5)CC4)CC3)c2)CCN1c1cc(-c2ccccc2O)nnc1N. The van der Waals surface area contributed by atoms with Gasteiger partial charge in [-0.05, 0) is 150 Å². The number of urea groups is 1. The normalized spacial score (nSPS) is 22.4. The zero-order valence-corrected chi connectivity index (χ0v) is 38.0. The summed E-state index contributed by atoms with van der Waals surface area (Å²) in [5, 5.41) is 22.6. The molecule has 6 aliphatic rings. The standard InChI is InChI=1S/C51H62FN11O3/c1-33-30-60(24-25-61(33)45-28-43(56-57-48(45)53)39-4-2-3-5-46(39)64)37-8-9-42(52)44(27-37)59-19-12-34(13-20-59)31-58-22-17-51(18-23-58)15-10-36(11-16-51)63-32-41(35-6-7-35)40-26-38(29-54-49(40)63)62-21-14-47(65)55-50(62)66/h2-5,8-9,26-29,32-36,64H,6-7,10-25,30-31H2,1H3,(H2,53,57)(H,55,65,66)/t33-/m0/s1. The third-order valence-electron chi connectivity index (χ3n) is 16.1. The number of carbonyl (C=O) groups is 2. The molecule has 7 heterocycles. The minimum atomic E-state index is -0.365. The van der Waals surface area contributed by atoms with E-state index in [1.165, 1.54) is 56.9 Å². The summed E-state index contributed by atoms with van der Waals surface area (Å²) in [5.74, 6) is 1.31. The van der Waals surface area contributed by atoms with Gasteiger partial charge >= 0.3 is 6.03 Å². The molecule has 346 valence electrons. The molecule has 5 aromatic rings. The van der Waals surface area contributed by atoms with Crippen molar-refractivity contribution in [2.45, 2.75) is 95.6 Å². The monoisotopic (exact) mass is 896 g/mol. The molecule has 66 heavy (non-hydrogen) atoms. The highest BCUT2D eigenvalue weighted by Gasteiger charge is 2.40. The van der Waals surface area contributed by atoms with E-state index in [4.69, 9.17) is 10.7 Å². The van der Waals surface area contributed by atoms with Crippen molar-refractivity contribution in [3.8, 4) is 17.0 Å². The summed E-state index contributed by atoms with van der Waals surface area (Å²) in [6.45, 7) is 9.95. The van der Waals surface area contributed by atoms with Gasteiger partial charge in [0.05, 0.1) is 29.0 Å². The van der Waals surface area contributed by atoms with Crippen LogP contribution in [0, 0.1) is 17.2 Å². The van der Waals surface area contributed by atoms with Gasteiger partial charge in [-0.3, -0.25) is 15.0 Å². The van der Waals surface area contributed by atoms with Crippen LogP contribution in [-0.4, -0.2) is 107 Å². The Bertz CT molecular complexity index is 2620. The molecule has 11 rings (SSSR count). The van der Waals surface area contributed by atoms with Crippen LogP contribution in [-0.2, 0) is 4.79 Å². The lowest BCUT2D eigenvalue weighted by Crippen LogP contribution is -2.52. The van der Waals surface area contributed by atoms with Crippen LogP contribution in [0.25, 0.3) is 22.3 Å². The predicted molar refractivity (Wildman–Crippen MR) is 257 cm³/mol. The number of imide groups is 1. The molecule has 2 saturated carbocycles. The minimum Gasteiger partial charge on any atom is -0.507 e. The molecule has 15 heteroatoms. The highest BCUT2D eigenvalue weighted by Crippen LogP contribution is 2.50. The Morgan fingerprint density at radius 3 is 2.36 bits per heavy atom. The van der Waals surface area contributed by atoms with Crippen molar-refractivity contribution in [2.24, 2.45) is 11.3 Å². The Balaban J connectivity index is 0.664. The molecule has 2 aliphatic carbocycles. The maximum Gasteiger partial charge on any atom is 0.328 e. The Morgan fingerprint density at radius 2 is 1.62 bits per heavy atom. The predicted octanol–water partition coefficient (Wildman–Crippen LogP) is 8.07. The molecule has 4 aliphatic heterocycles. The lowest BCUT2D eigenvalue weighted by molar-refractivity contribution is -0.120. The van der Waals surface area contributed by atoms with Gasteiger partial charge in [0, 0.05) is 87.2 Å². The number of carbonyl (C=O) groups excluding carboxylic acids is 2. The van der Waals surface area contributed by atoms with E-state index in [0.717, 1.165) is 86.8 Å². The van der Waals surface area contributed by atoms with E-state index in [-0.39, 0.29) is 29.5 Å². The fourth-order valence-electron chi connectivity index (χ4n) is 12.0. The second-order valence-electron chi connectivity index (χ2n) is 20.2. The molecule has 0 radical (unpaired) electrons. The lowest BCUT2D eigenvalue weighted by atomic mass is 9.67. The molecule has 14 nitrogen and oxygen atoms in total. The number of para-hydroxylation sites is 1. The quantitative estimate of drug-likeness (QED) is 0.132. The van der Waals surface area contributed by atoms with Crippen LogP contribution in [0.5, 0.6) is 5.75 Å². The smallest absolute Gasteiger partial charge is 0.328 e. The number of piperazine rings is 1. The van der Waals surface area contributed by atoms with Gasteiger partial charge in [-0.2, -0.15) is 0 Å². The van der Waals surface area contributed by atoms with Crippen molar-refractivity contribution in [2.75, 3.05) is 84.2 Å². The van der Waals surface area contributed by atoms with Gasteiger partial charge in [0.25, 0.3) is 0 Å². The summed E-state index contributed by atoms with van der Waals surface area (Å²) in [4.78, 5) is 40.6. The average Bonchev–Trinajstić information content (AvgIpc) is 4.11. The fourth-order valence-corrected chi connectivity index (χ4v) is 12.0. The number of nitrogens with zero attached hydrogens (tertiary/aromatic N) is 9. The number of nitrogens with two attached hydrogens (primary N) is 1. The summed E-state index contributed by atoms with van der Waals surface area (Å²) in [5.41, 5.74) is 13.7. The van der Waals surface area contributed by atoms with Gasteiger partial charge in [-0.1, -0.05) is 12.1 Å². The van der Waals surface area contributed by atoms with Crippen molar-refractivity contribution in [1.82, 2.24) is 30.0 Å². The third kappa shape index (κ3) is 8.28. The lowest BCUT2D eigenvalue weighted by Gasteiger charge is -2.47. The van der Waals surface area contributed by atoms with Gasteiger partial charge < -0.3 is 35.0 Å². The van der Waals surface area contributed by atoms with Crippen LogP contribution in [0.2, 0.25) is 0 Å². The summed E-state index contributed by atoms with van der Waals surface area (Å²) < 4.78 is 18.0. The molecule has 0 unspecified atom stereocenters. The number of likely N-dealkylation sites (tertiary alicyclic amines) is 1. The van der Waals surface area contributed by atoms with E-state index >= 15 is 4.39 Å². The van der Waals surface area contributed by atoms with E-state index in [2.05, 4.69) is 64.9 Å². The Hall–Kier alpha value is -5.96. The first-order valence-corrected chi connectivity index (χ1v) is 24.4. The first kappa shape index (κ1) is 42.7. The highest BCUT2D eigenvalue weighted by atomic mass is 19.1. The maximum atomic E-state index is 15.6. The number of nitrogen functional groups attached to an aromatic ring is 1. The van der Waals surface area contributed by atoms with Crippen LogP contribution < -0.4 is 30.7 Å². The van der Waals surface area contributed by atoms with E-state index < -0.39 is 0 Å². The van der Waals surface area contributed by atoms with Crippen molar-refractivity contribution >= 4 is 51.5 Å². The van der Waals surface area contributed by atoms with Crippen LogP contribution in [0.3, 0.4) is 0 Å². The second-order valence-corrected chi connectivity index (χ2v) is 20.2. The van der Waals surface area contributed by atoms with Crippen molar-refractivity contribution in [3.63, 3.8) is 0 Å². The topological polar surface area (TPSA) is 152 Å². The number of phenols is 1. The largest absolute Gasteiger partial charge is 0.507 e. The molecule has 1 spiro atoms. The van der Waals surface area contributed by atoms with Crippen molar-refractivity contribution < 1.29 is 19.1 Å². The number of hydrogen-bond donors (Lipinski definition) is 3. The van der Waals surface area contributed by atoms with E-state index in [1.807, 2.05) is 30.5 Å². The van der Waals surface area contributed by atoms with Crippen LogP contribution in [0.4, 0.5) is 37.8 Å². The molecule has 4 N–H and O–H groups in total. The van der Waals surface area contributed by atoms with Gasteiger partial charge in [-0.25, -0.2) is 14.2 Å². The molecular weight excluding hydrogens is 834 g/mol. The number of nitrogens with one attached hydrogen (secondary N) is 1. The Morgan fingerprint density at radius 1 is 0.833 bits per heavy atom. The molecular formula is C51H62FN11O3. The molecule has 3 aromatic heterocycles. The number of amides is 3. The number of benzene rings is 2. The number of halogens is 1. The summed E-state index contributed by atoms with van der Waals surface area (Å²) in [7, 11) is 0. The number of fused-ring (bicyclic) bond motifs is 1. The number of pyridine rings is 1.